The molecule has 52 valence electrons. The van der Waals surface area contributed by atoms with Crippen molar-refractivity contribution in [1.82, 2.24) is 0 Å². The van der Waals surface area contributed by atoms with Gasteiger partial charge in [-0.3, -0.25) is 4.79 Å². The number of nitrogens with two attached hydrogens (primary N) is 1. The summed E-state index contributed by atoms with van der Waals surface area (Å²) in [5, 5.41) is 8.59. The molecule has 0 heterocycles. The van der Waals surface area contributed by atoms with Crippen LogP contribution >= 0.6 is 0 Å². The van der Waals surface area contributed by atoms with Crippen LogP contribution in [-0.4, -0.2) is 17.1 Å². The van der Waals surface area contributed by atoms with Crippen LogP contribution < -0.4 is 5.73 Å². The van der Waals surface area contributed by atoms with Crippen LogP contribution in [0.15, 0.2) is 0 Å². The zero-order chi connectivity index (χ0) is 7.07. The maximum Gasteiger partial charge on any atom is 0.311 e. The van der Waals surface area contributed by atoms with Crippen molar-refractivity contribution in [2.45, 2.75) is 25.8 Å². The van der Waals surface area contributed by atoms with Crippen molar-refractivity contribution in [3.63, 3.8) is 0 Å². The van der Waals surface area contributed by atoms with Gasteiger partial charge in [-0.25, -0.2) is 0 Å². The number of aliphatic carboxylic acids is 1. The van der Waals surface area contributed by atoms with E-state index >= 15 is 0 Å². The Kier molecular flexibility index (Phi) is 1.24. The summed E-state index contributed by atoms with van der Waals surface area (Å²) in [7, 11) is 0. The van der Waals surface area contributed by atoms with E-state index in [4.69, 9.17) is 10.8 Å². The van der Waals surface area contributed by atoms with E-state index in [1.165, 1.54) is 0 Å². The Hall–Kier alpha value is -0.570. The summed E-state index contributed by atoms with van der Waals surface area (Å²) in [4.78, 5) is 10.4. The van der Waals surface area contributed by atoms with Crippen LogP contribution in [0.5, 0.6) is 0 Å². The highest BCUT2D eigenvalue weighted by atomic mass is 16.4. The normalized spacial score (nSPS) is 25.1. The lowest BCUT2D eigenvalue weighted by Gasteiger charge is -2.12. The molecule has 0 bridgehead atoms. The van der Waals surface area contributed by atoms with E-state index in [0.717, 1.165) is 12.8 Å². The Morgan fingerprint density at radius 1 is 1.78 bits per heavy atom. The summed E-state index contributed by atoms with van der Waals surface area (Å²) < 4.78 is 0. The third kappa shape index (κ3) is 0.812. The second-order valence-electron chi connectivity index (χ2n) is 2.75. The molecule has 1 aliphatic rings. The number of carboxylic acids is 1. The summed E-state index contributed by atoms with van der Waals surface area (Å²) in [6.07, 6.45) is 1.50. The quantitative estimate of drug-likeness (QED) is 0.559. The van der Waals surface area contributed by atoms with Gasteiger partial charge in [0.05, 0.1) is 5.41 Å². The molecule has 9 heavy (non-hydrogen) atoms. The first kappa shape index (κ1) is 6.55. The van der Waals surface area contributed by atoms with Gasteiger partial charge < -0.3 is 10.8 Å². The molecule has 1 rings (SSSR count). The molecule has 1 aliphatic carbocycles. The SMILES string of the molecule is C[C@H](N)C1(C(=O)O)CC1. The fourth-order valence-electron chi connectivity index (χ4n) is 0.999. The third-order valence-corrected chi connectivity index (χ3v) is 2.09. The molecule has 0 aromatic rings. The van der Waals surface area contributed by atoms with E-state index in [-0.39, 0.29) is 6.04 Å². The fraction of sp³-hybridized carbons (Fsp3) is 0.833. The van der Waals surface area contributed by atoms with E-state index in [1.54, 1.807) is 6.92 Å². The Labute approximate surface area is 53.9 Å². The van der Waals surface area contributed by atoms with E-state index in [1.807, 2.05) is 0 Å². The third-order valence-electron chi connectivity index (χ3n) is 2.09. The average molecular weight is 129 g/mol. The Morgan fingerprint density at radius 3 is 2.22 bits per heavy atom. The smallest absolute Gasteiger partial charge is 0.311 e. The molecule has 0 aliphatic heterocycles. The first-order chi connectivity index (χ1) is 4.09. The van der Waals surface area contributed by atoms with E-state index < -0.39 is 11.4 Å². The number of carboxylic acid groups (broad SMARTS) is 1. The lowest BCUT2D eigenvalue weighted by atomic mass is 10.00. The van der Waals surface area contributed by atoms with Gasteiger partial charge in [-0.15, -0.1) is 0 Å². The topological polar surface area (TPSA) is 63.3 Å². The number of hydrogen-bond acceptors (Lipinski definition) is 2. The van der Waals surface area contributed by atoms with Gasteiger partial charge in [0.2, 0.25) is 0 Å². The molecule has 0 aromatic heterocycles. The van der Waals surface area contributed by atoms with E-state index in [0.29, 0.717) is 0 Å². The van der Waals surface area contributed by atoms with Gasteiger partial charge in [-0.2, -0.15) is 0 Å². The van der Waals surface area contributed by atoms with Gasteiger partial charge in [0.25, 0.3) is 0 Å². The molecule has 0 radical (unpaired) electrons. The molecule has 0 saturated heterocycles. The molecule has 1 fully saturated rings. The first-order valence-corrected chi connectivity index (χ1v) is 3.08. The van der Waals surface area contributed by atoms with Gasteiger partial charge in [-0.05, 0) is 19.8 Å². The molecular formula is C6H11NO2. The van der Waals surface area contributed by atoms with Crippen molar-refractivity contribution in [2.75, 3.05) is 0 Å². The maximum absolute atomic E-state index is 10.4. The van der Waals surface area contributed by atoms with Crippen LogP contribution in [0, 0.1) is 5.41 Å². The molecule has 3 N–H and O–H groups in total. The lowest BCUT2D eigenvalue weighted by Crippen LogP contribution is -2.34. The second-order valence-corrected chi connectivity index (χ2v) is 2.75. The molecule has 0 unspecified atom stereocenters. The maximum atomic E-state index is 10.4. The summed E-state index contributed by atoms with van der Waals surface area (Å²) in [6.45, 7) is 1.75. The molecular weight excluding hydrogens is 118 g/mol. The predicted octanol–water partition coefficient (Wildman–Crippen LogP) is 0.198. The Balaban J connectivity index is 2.63. The summed E-state index contributed by atoms with van der Waals surface area (Å²) in [5.41, 5.74) is 4.90. The van der Waals surface area contributed by atoms with Crippen molar-refractivity contribution < 1.29 is 9.90 Å². The van der Waals surface area contributed by atoms with Crippen molar-refractivity contribution in [3.05, 3.63) is 0 Å². The minimum absolute atomic E-state index is 0.199. The standard InChI is InChI=1S/C6H11NO2/c1-4(7)6(2-3-6)5(8)9/h4H,2-3,7H2,1H3,(H,8,9)/t4-/m0/s1. The predicted molar refractivity (Wildman–Crippen MR) is 33.0 cm³/mol. The van der Waals surface area contributed by atoms with Crippen molar-refractivity contribution in [2.24, 2.45) is 11.1 Å². The van der Waals surface area contributed by atoms with Crippen molar-refractivity contribution in [3.8, 4) is 0 Å². The average Bonchev–Trinajstić information content (AvgIpc) is 2.40. The van der Waals surface area contributed by atoms with Crippen LogP contribution in [0.3, 0.4) is 0 Å². The highest BCUT2D eigenvalue weighted by Gasteiger charge is 2.53. The Morgan fingerprint density at radius 2 is 2.22 bits per heavy atom. The molecule has 3 heteroatoms. The minimum Gasteiger partial charge on any atom is -0.481 e. The number of hydrogen-bond donors (Lipinski definition) is 2. The van der Waals surface area contributed by atoms with Gasteiger partial charge in [0, 0.05) is 6.04 Å². The van der Waals surface area contributed by atoms with Crippen LogP contribution in [0.2, 0.25) is 0 Å². The van der Waals surface area contributed by atoms with Crippen LogP contribution in [0.25, 0.3) is 0 Å². The van der Waals surface area contributed by atoms with Crippen LogP contribution in [-0.2, 0) is 4.79 Å². The molecule has 0 aromatic carbocycles. The molecule has 3 nitrogen and oxygen atoms in total. The monoisotopic (exact) mass is 129 g/mol. The largest absolute Gasteiger partial charge is 0.481 e. The van der Waals surface area contributed by atoms with Gasteiger partial charge in [-0.1, -0.05) is 0 Å². The van der Waals surface area contributed by atoms with Gasteiger partial charge >= 0.3 is 5.97 Å². The highest BCUT2D eigenvalue weighted by Crippen LogP contribution is 2.47. The lowest BCUT2D eigenvalue weighted by molar-refractivity contribution is -0.143. The fourth-order valence-corrected chi connectivity index (χ4v) is 0.999. The van der Waals surface area contributed by atoms with Crippen molar-refractivity contribution in [1.29, 1.82) is 0 Å². The molecule has 1 atom stereocenters. The van der Waals surface area contributed by atoms with Gasteiger partial charge in [0.1, 0.15) is 0 Å². The van der Waals surface area contributed by atoms with Crippen LogP contribution in [0.1, 0.15) is 19.8 Å². The minimum atomic E-state index is -0.738. The molecule has 0 amide bonds. The number of rotatable bonds is 2. The number of carbonyl (C=O) groups is 1. The molecule has 0 spiro atoms. The van der Waals surface area contributed by atoms with E-state index in [9.17, 15) is 4.79 Å². The Bertz CT molecular complexity index is 138. The molecule has 1 saturated carbocycles. The van der Waals surface area contributed by atoms with Gasteiger partial charge in [0.15, 0.2) is 0 Å². The van der Waals surface area contributed by atoms with Crippen molar-refractivity contribution >= 4 is 5.97 Å². The summed E-state index contributed by atoms with van der Waals surface area (Å²) in [5.74, 6) is -0.738. The zero-order valence-electron chi connectivity index (χ0n) is 5.42. The summed E-state index contributed by atoms with van der Waals surface area (Å²) in [6, 6.07) is -0.199. The summed E-state index contributed by atoms with van der Waals surface area (Å²) >= 11 is 0. The first-order valence-electron chi connectivity index (χ1n) is 3.08. The van der Waals surface area contributed by atoms with E-state index in [2.05, 4.69) is 0 Å². The zero-order valence-corrected chi connectivity index (χ0v) is 5.42. The highest BCUT2D eigenvalue weighted by molar-refractivity contribution is 5.78. The second kappa shape index (κ2) is 1.70. The van der Waals surface area contributed by atoms with Crippen LogP contribution in [0.4, 0.5) is 0 Å².